The first kappa shape index (κ1) is 13.2. The van der Waals surface area contributed by atoms with Gasteiger partial charge in [-0.05, 0) is 46.7 Å². The van der Waals surface area contributed by atoms with Gasteiger partial charge in [0.05, 0.1) is 0 Å². The number of aryl methyl sites for hydroxylation is 1. The fourth-order valence-electron chi connectivity index (χ4n) is 2.24. The molecule has 0 saturated heterocycles. The van der Waals surface area contributed by atoms with Crippen LogP contribution >= 0.6 is 11.6 Å². The molecule has 0 spiro atoms. The van der Waals surface area contributed by atoms with Crippen molar-refractivity contribution in [1.29, 1.82) is 0 Å². The Morgan fingerprint density at radius 3 is 2.50 bits per heavy atom. The van der Waals surface area contributed by atoms with E-state index in [1.54, 1.807) is 0 Å². The quantitative estimate of drug-likeness (QED) is 0.663. The van der Waals surface area contributed by atoms with E-state index in [9.17, 15) is 0 Å². The summed E-state index contributed by atoms with van der Waals surface area (Å²) < 4.78 is 0. The van der Waals surface area contributed by atoms with Gasteiger partial charge in [0.1, 0.15) is 0 Å². The first-order chi connectivity index (χ1) is 8.61. The summed E-state index contributed by atoms with van der Waals surface area (Å²) in [5, 5.41) is 0.802. The van der Waals surface area contributed by atoms with Gasteiger partial charge in [0.25, 0.3) is 0 Å². The SMILES string of the molecule is CCc1cccc(-c2cc(Cl)ccc2C(C)C)c1. The Morgan fingerprint density at radius 2 is 1.83 bits per heavy atom. The molecule has 0 N–H and O–H groups in total. The molecule has 0 unspecified atom stereocenters. The summed E-state index contributed by atoms with van der Waals surface area (Å²) in [6, 6.07) is 14.9. The summed E-state index contributed by atoms with van der Waals surface area (Å²) in [6.45, 7) is 6.62. The van der Waals surface area contributed by atoms with Crippen LogP contribution in [0, 0.1) is 0 Å². The number of hydrogen-bond donors (Lipinski definition) is 0. The van der Waals surface area contributed by atoms with Crippen molar-refractivity contribution in [2.45, 2.75) is 33.1 Å². The minimum absolute atomic E-state index is 0.502. The van der Waals surface area contributed by atoms with Gasteiger partial charge >= 0.3 is 0 Å². The maximum Gasteiger partial charge on any atom is 0.0412 e. The molecule has 94 valence electrons. The minimum atomic E-state index is 0.502. The van der Waals surface area contributed by atoms with Gasteiger partial charge < -0.3 is 0 Å². The largest absolute Gasteiger partial charge is 0.0843 e. The van der Waals surface area contributed by atoms with E-state index in [0.29, 0.717) is 5.92 Å². The van der Waals surface area contributed by atoms with Crippen LogP contribution in [-0.4, -0.2) is 0 Å². The summed E-state index contributed by atoms with van der Waals surface area (Å²) in [5.74, 6) is 0.502. The van der Waals surface area contributed by atoms with Crippen molar-refractivity contribution >= 4 is 11.6 Å². The van der Waals surface area contributed by atoms with Gasteiger partial charge in [0.15, 0.2) is 0 Å². The molecule has 0 saturated carbocycles. The molecule has 18 heavy (non-hydrogen) atoms. The molecular weight excluding hydrogens is 240 g/mol. The number of hydrogen-bond acceptors (Lipinski definition) is 0. The standard InChI is InChI=1S/C17H19Cl/c1-4-13-6-5-7-14(10-13)17-11-15(18)8-9-16(17)12(2)3/h5-12H,4H2,1-3H3. The highest BCUT2D eigenvalue weighted by atomic mass is 35.5. The zero-order valence-electron chi connectivity index (χ0n) is 11.2. The molecule has 2 aromatic carbocycles. The molecule has 2 rings (SSSR count). The highest BCUT2D eigenvalue weighted by Gasteiger charge is 2.09. The van der Waals surface area contributed by atoms with E-state index in [2.05, 4.69) is 57.2 Å². The Kier molecular flexibility index (Phi) is 4.08. The van der Waals surface area contributed by atoms with Gasteiger partial charge in [-0.15, -0.1) is 0 Å². The third-order valence-corrected chi connectivity index (χ3v) is 3.52. The molecule has 0 amide bonds. The Labute approximate surface area is 115 Å². The maximum atomic E-state index is 6.15. The highest BCUT2D eigenvalue weighted by Crippen LogP contribution is 2.32. The number of rotatable bonds is 3. The van der Waals surface area contributed by atoms with Crippen LogP contribution in [0.25, 0.3) is 11.1 Å². The molecule has 0 heterocycles. The Morgan fingerprint density at radius 1 is 1.06 bits per heavy atom. The lowest BCUT2D eigenvalue weighted by Crippen LogP contribution is -1.93. The number of benzene rings is 2. The maximum absolute atomic E-state index is 6.15. The summed E-state index contributed by atoms with van der Waals surface area (Å²) in [7, 11) is 0. The predicted octanol–water partition coefficient (Wildman–Crippen LogP) is 5.69. The molecule has 0 aromatic heterocycles. The zero-order chi connectivity index (χ0) is 13.1. The van der Waals surface area contributed by atoms with Crippen molar-refractivity contribution in [2.24, 2.45) is 0 Å². The van der Waals surface area contributed by atoms with E-state index in [0.717, 1.165) is 11.4 Å². The van der Waals surface area contributed by atoms with Crippen molar-refractivity contribution < 1.29 is 0 Å². The molecule has 2 aromatic rings. The molecule has 0 nitrogen and oxygen atoms in total. The average molecular weight is 259 g/mol. The Bertz CT molecular complexity index is 541. The summed E-state index contributed by atoms with van der Waals surface area (Å²) >= 11 is 6.15. The summed E-state index contributed by atoms with van der Waals surface area (Å²) in [5.41, 5.74) is 5.24. The lowest BCUT2D eigenvalue weighted by molar-refractivity contribution is 0.869. The van der Waals surface area contributed by atoms with Gasteiger partial charge in [0, 0.05) is 5.02 Å². The molecule has 0 aliphatic heterocycles. The van der Waals surface area contributed by atoms with Crippen molar-refractivity contribution in [1.82, 2.24) is 0 Å². The van der Waals surface area contributed by atoms with E-state index < -0.39 is 0 Å². The summed E-state index contributed by atoms with van der Waals surface area (Å²) in [4.78, 5) is 0. The van der Waals surface area contributed by atoms with E-state index in [-0.39, 0.29) is 0 Å². The van der Waals surface area contributed by atoms with Gasteiger partial charge in [0.2, 0.25) is 0 Å². The molecule has 0 bridgehead atoms. The van der Waals surface area contributed by atoms with Crippen molar-refractivity contribution in [2.75, 3.05) is 0 Å². The molecule has 0 fully saturated rings. The molecule has 0 atom stereocenters. The Hall–Kier alpha value is -1.27. The van der Waals surface area contributed by atoms with Crippen LogP contribution in [-0.2, 0) is 6.42 Å². The van der Waals surface area contributed by atoms with Crippen LogP contribution in [0.5, 0.6) is 0 Å². The first-order valence-corrected chi connectivity index (χ1v) is 6.88. The van der Waals surface area contributed by atoms with Gasteiger partial charge in [-0.3, -0.25) is 0 Å². The molecule has 0 aliphatic carbocycles. The second-order valence-electron chi connectivity index (χ2n) is 4.94. The second kappa shape index (κ2) is 5.58. The van der Waals surface area contributed by atoms with E-state index in [4.69, 9.17) is 11.6 Å². The van der Waals surface area contributed by atoms with E-state index in [1.165, 1.54) is 22.3 Å². The van der Waals surface area contributed by atoms with Crippen LogP contribution in [0.1, 0.15) is 37.8 Å². The molecule has 0 aliphatic rings. The highest BCUT2D eigenvalue weighted by molar-refractivity contribution is 6.30. The monoisotopic (exact) mass is 258 g/mol. The van der Waals surface area contributed by atoms with Crippen LogP contribution in [0.3, 0.4) is 0 Å². The van der Waals surface area contributed by atoms with Gasteiger partial charge in [-0.25, -0.2) is 0 Å². The lowest BCUT2D eigenvalue weighted by Gasteiger charge is -2.14. The minimum Gasteiger partial charge on any atom is -0.0843 e. The fraction of sp³-hybridized carbons (Fsp3) is 0.294. The van der Waals surface area contributed by atoms with Gasteiger partial charge in [-0.1, -0.05) is 62.7 Å². The molecule has 0 radical (unpaired) electrons. The average Bonchev–Trinajstić information content (AvgIpc) is 2.38. The normalized spacial score (nSPS) is 10.9. The van der Waals surface area contributed by atoms with Crippen LogP contribution in [0.15, 0.2) is 42.5 Å². The zero-order valence-corrected chi connectivity index (χ0v) is 12.0. The molecule has 1 heteroatoms. The van der Waals surface area contributed by atoms with Crippen LogP contribution < -0.4 is 0 Å². The third-order valence-electron chi connectivity index (χ3n) is 3.28. The third kappa shape index (κ3) is 2.76. The second-order valence-corrected chi connectivity index (χ2v) is 5.38. The van der Waals surface area contributed by atoms with Crippen molar-refractivity contribution in [3.8, 4) is 11.1 Å². The first-order valence-electron chi connectivity index (χ1n) is 6.50. The summed E-state index contributed by atoms with van der Waals surface area (Å²) in [6.07, 6.45) is 1.06. The lowest BCUT2D eigenvalue weighted by atomic mass is 9.92. The fourth-order valence-corrected chi connectivity index (χ4v) is 2.41. The van der Waals surface area contributed by atoms with Crippen molar-refractivity contribution in [3.63, 3.8) is 0 Å². The van der Waals surface area contributed by atoms with Crippen LogP contribution in [0.4, 0.5) is 0 Å². The van der Waals surface area contributed by atoms with Crippen LogP contribution in [0.2, 0.25) is 5.02 Å². The smallest absolute Gasteiger partial charge is 0.0412 e. The van der Waals surface area contributed by atoms with E-state index in [1.807, 2.05) is 6.07 Å². The number of halogens is 1. The van der Waals surface area contributed by atoms with E-state index >= 15 is 0 Å². The topological polar surface area (TPSA) is 0 Å². The van der Waals surface area contributed by atoms with Crippen molar-refractivity contribution in [3.05, 3.63) is 58.6 Å². The molecular formula is C17H19Cl. The predicted molar refractivity (Wildman–Crippen MR) is 80.4 cm³/mol. The van der Waals surface area contributed by atoms with Gasteiger partial charge in [-0.2, -0.15) is 0 Å². The Balaban J connectivity index is 2.57.